The van der Waals surface area contributed by atoms with Crippen molar-refractivity contribution in [3.8, 4) is 22.6 Å². The molecule has 17 heavy (non-hydrogen) atoms. The molecule has 0 radical (unpaired) electrons. The van der Waals surface area contributed by atoms with Crippen LogP contribution in [0.1, 0.15) is 0 Å². The minimum atomic E-state index is -0.529. The summed E-state index contributed by atoms with van der Waals surface area (Å²) in [6.07, 6.45) is 1.41. The van der Waals surface area contributed by atoms with Crippen molar-refractivity contribution in [1.82, 2.24) is 4.98 Å². The molecule has 0 fully saturated rings. The van der Waals surface area contributed by atoms with E-state index in [2.05, 4.69) is 4.98 Å². The number of benzene rings is 1. The smallest absolute Gasteiger partial charge is 0.220 e. The van der Waals surface area contributed by atoms with E-state index >= 15 is 0 Å². The van der Waals surface area contributed by atoms with Crippen LogP contribution in [0.3, 0.4) is 0 Å². The van der Waals surface area contributed by atoms with Crippen LogP contribution in [-0.4, -0.2) is 19.2 Å². The van der Waals surface area contributed by atoms with Gasteiger partial charge >= 0.3 is 0 Å². The molecule has 0 unspecified atom stereocenters. The molecule has 0 saturated heterocycles. The van der Waals surface area contributed by atoms with Crippen LogP contribution in [0.2, 0.25) is 0 Å². The van der Waals surface area contributed by atoms with Gasteiger partial charge in [0.25, 0.3) is 0 Å². The Balaban J connectivity index is 2.60. The maximum atomic E-state index is 13.6. The van der Waals surface area contributed by atoms with Crippen molar-refractivity contribution in [2.45, 2.75) is 0 Å². The highest BCUT2D eigenvalue weighted by Crippen LogP contribution is 2.34. The van der Waals surface area contributed by atoms with Gasteiger partial charge in [0.05, 0.1) is 14.2 Å². The normalized spacial score (nSPS) is 10.1. The van der Waals surface area contributed by atoms with E-state index in [1.165, 1.54) is 6.20 Å². The molecule has 0 bridgehead atoms. The number of hydrogen-bond donors (Lipinski definition) is 0. The van der Waals surface area contributed by atoms with Crippen LogP contribution in [0.25, 0.3) is 11.1 Å². The van der Waals surface area contributed by atoms with Crippen molar-refractivity contribution in [3.05, 3.63) is 42.5 Å². The highest BCUT2D eigenvalue weighted by Gasteiger charge is 2.12. The first kappa shape index (κ1) is 11.4. The second kappa shape index (κ2) is 4.82. The van der Waals surface area contributed by atoms with E-state index in [9.17, 15) is 4.39 Å². The maximum Gasteiger partial charge on any atom is 0.220 e. The van der Waals surface area contributed by atoms with E-state index in [0.29, 0.717) is 22.6 Å². The van der Waals surface area contributed by atoms with Crippen LogP contribution >= 0.6 is 0 Å². The fourth-order valence-corrected chi connectivity index (χ4v) is 1.61. The zero-order chi connectivity index (χ0) is 12.3. The summed E-state index contributed by atoms with van der Waals surface area (Å²) < 4.78 is 23.9. The van der Waals surface area contributed by atoms with Crippen LogP contribution in [0.15, 0.2) is 36.5 Å². The predicted molar refractivity (Wildman–Crippen MR) is 62.7 cm³/mol. The van der Waals surface area contributed by atoms with E-state index in [1.54, 1.807) is 44.6 Å². The molecular formula is C13H12FNO2. The molecule has 2 rings (SSSR count). The number of halogens is 1. The molecule has 1 heterocycles. The third kappa shape index (κ3) is 2.20. The van der Waals surface area contributed by atoms with Crippen LogP contribution in [-0.2, 0) is 0 Å². The molecular weight excluding hydrogens is 221 g/mol. The van der Waals surface area contributed by atoms with Gasteiger partial charge < -0.3 is 9.47 Å². The molecule has 4 heteroatoms. The standard InChI is InChI=1S/C13H12FNO2/c1-16-9-5-6-12(17-2)11(8-9)10-4-3-7-15-13(10)14/h3-8H,1-2H3. The fourth-order valence-electron chi connectivity index (χ4n) is 1.61. The summed E-state index contributed by atoms with van der Waals surface area (Å²) in [5, 5.41) is 0. The third-order valence-electron chi connectivity index (χ3n) is 2.46. The first-order chi connectivity index (χ1) is 8.26. The first-order valence-corrected chi connectivity index (χ1v) is 5.09. The molecule has 2 aromatic rings. The van der Waals surface area contributed by atoms with Crippen LogP contribution < -0.4 is 9.47 Å². The average Bonchev–Trinajstić information content (AvgIpc) is 2.38. The Kier molecular flexibility index (Phi) is 3.23. The molecule has 0 spiro atoms. The van der Waals surface area contributed by atoms with Crippen molar-refractivity contribution < 1.29 is 13.9 Å². The van der Waals surface area contributed by atoms with Gasteiger partial charge in [-0.25, -0.2) is 4.98 Å². The van der Waals surface area contributed by atoms with Gasteiger partial charge in [-0.3, -0.25) is 0 Å². The molecule has 0 saturated carbocycles. The molecule has 0 aliphatic carbocycles. The predicted octanol–water partition coefficient (Wildman–Crippen LogP) is 2.90. The quantitative estimate of drug-likeness (QED) is 0.764. The summed E-state index contributed by atoms with van der Waals surface area (Å²) in [5.74, 6) is 0.695. The maximum absolute atomic E-state index is 13.6. The second-order valence-electron chi connectivity index (χ2n) is 3.41. The highest BCUT2D eigenvalue weighted by atomic mass is 19.1. The number of rotatable bonds is 3. The van der Waals surface area contributed by atoms with Crippen LogP contribution in [0.4, 0.5) is 4.39 Å². The Bertz CT molecular complexity index is 529. The van der Waals surface area contributed by atoms with Gasteiger partial charge in [0.15, 0.2) is 0 Å². The summed E-state index contributed by atoms with van der Waals surface area (Å²) >= 11 is 0. The van der Waals surface area contributed by atoms with Crippen molar-refractivity contribution in [1.29, 1.82) is 0 Å². The molecule has 0 N–H and O–H groups in total. The lowest BCUT2D eigenvalue weighted by Gasteiger charge is -2.10. The van der Waals surface area contributed by atoms with Crippen LogP contribution in [0, 0.1) is 5.95 Å². The molecule has 3 nitrogen and oxygen atoms in total. The minimum Gasteiger partial charge on any atom is -0.497 e. The van der Waals surface area contributed by atoms with E-state index in [1.807, 2.05) is 0 Å². The van der Waals surface area contributed by atoms with Gasteiger partial charge in [-0.2, -0.15) is 4.39 Å². The van der Waals surface area contributed by atoms with Gasteiger partial charge in [-0.15, -0.1) is 0 Å². The summed E-state index contributed by atoms with van der Waals surface area (Å²) in [6.45, 7) is 0. The largest absolute Gasteiger partial charge is 0.497 e. The van der Waals surface area contributed by atoms with Gasteiger partial charge in [0, 0.05) is 17.3 Å². The average molecular weight is 233 g/mol. The van der Waals surface area contributed by atoms with Gasteiger partial charge in [0.2, 0.25) is 5.95 Å². The fraction of sp³-hybridized carbons (Fsp3) is 0.154. The van der Waals surface area contributed by atoms with E-state index < -0.39 is 5.95 Å². The summed E-state index contributed by atoms with van der Waals surface area (Å²) in [6, 6.07) is 8.55. The van der Waals surface area contributed by atoms with Gasteiger partial charge in [-0.1, -0.05) is 0 Å². The monoisotopic (exact) mass is 233 g/mol. The number of nitrogens with zero attached hydrogens (tertiary/aromatic N) is 1. The van der Waals surface area contributed by atoms with Gasteiger partial charge in [0.1, 0.15) is 11.5 Å². The Morgan fingerprint density at radius 2 is 1.88 bits per heavy atom. The first-order valence-electron chi connectivity index (χ1n) is 5.09. The Morgan fingerprint density at radius 1 is 1.06 bits per heavy atom. The number of ether oxygens (including phenoxy) is 2. The third-order valence-corrected chi connectivity index (χ3v) is 2.46. The summed E-state index contributed by atoms with van der Waals surface area (Å²) in [5.41, 5.74) is 1.01. The zero-order valence-electron chi connectivity index (χ0n) is 9.61. The van der Waals surface area contributed by atoms with E-state index in [4.69, 9.17) is 9.47 Å². The Hall–Kier alpha value is -2.10. The second-order valence-corrected chi connectivity index (χ2v) is 3.41. The summed E-state index contributed by atoms with van der Waals surface area (Å²) in [7, 11) is 3.10. The van der Waals surface area contributed by atoms with Crippen molar-refractivity contribution >= 4 is 0 Å². The topological polar surface area (TPSA) is 31.4 Å². The lowest BCUT2D eigenvalue weighted by Crippen LogP contribution is -1.93. The van der Waals surface area contributed by atoms with E-state index in [0.717, 1.165) is 0 Å². The number of hydrogen-bond acceptors (Lipinski definition) is 3. The molecule has 0 amide bonds. The SMILES string of the molecule is COc1ccc(OC)c(-c2cccnc2F)c1. The molecule has 1 aromatic heterocycles. The molecule has 0 aliphatic rings. The number of pyridine rings is 1. The zero-order valence-corrected chi connectivity index (χ0v) is 9.61. The van der Waals surface area contributed by atoms with Crippen LogP contribution in [0.5, 0.6) is 11.5 Å². The van der Waals surface area contributed by atoms with Gasteiger partial charge in [-0.05, 0) is 30.3 Å². The Labute approximate surface area is 98.8 Å². The molecule has 1 aromatic carbocycles. The number of methoxy groups -OCH3 is 2. The molecule has 0 atom stereocenters. The van der Waals surface area contributed by atoms with Crippen molar-refractivity contribution in [3.63, 3.8) is 0 Å². The minimum absolute atomic E-state index is 0.392. The lowest BCUT2D eigenvalue weighted by atomic mass is 10.1. The molecule has 0 aliphatic heterocycles. The lowest BCUT2D eigenvalue weighted by molar-refractivity contribution is 0.404. The van der Waals surface area contributed by atoms with E-state index in [-0.39, 0.29) is 0 Å². The number of aromatic nitrogens is 1. The van der Waals surface area contributed by atoms with Crippen molar-refractivity contribution in [2.75, 3.05) is 14.2 Å². The summed E-state index contributed by atoms with van der Waals surface area (Å²) in [4.78, 5) is 3.62. The Morgan fingerprint density at radius 3 is 2.53 bits per heavy atom. The highest BCUT2D eigenvalue weighted by molar-refractivity contribution is 5.71. The van der Waals surface area contributed by atoms with Crippen molar-refractivity contribution in [2.24, 2.45) is 0 Å². The molecule has 88 valence electrons.